The smallest absolute Gasteiger partial charge is 0.321 e. The zero-order valence-electron chi connectivity index (χ0n) is 7.95. The number of hydrogen-bond acceptors (Lipinski definition) is 5. The summed E-state index contributed by atoms with van der Waals surface area (Å²) in [5, 5.41) is 3.23. The molecule has 76 valence electrons. The highest BCUT2D eigenvalue weighted by Crippen LogP contribution is 2.02. The Balaban J connectivity index is 2.28. The first-order valence-corrected chi connectivity index (χ1v) is 4.58. The second-order valence-corrected chi connectivity index (χ2v) is 3.08. The van der Waals surface area contributed by atoms with E-state index in [1.165, 1.54) is 0 Å². The summed E-state index contributed by atoms with van der Waals surface area (Å²) in [6.07, 6.45) is -0.154. The quantitative estimate of drug-likeness (QED) is 0.540. The number of hydrogen-bond donors (Lipinski definition) is 2. The van der Waals surface area contributed by atoms with Gasteiger partial charge in [-0.15, -0.1) is 0 Å². The van der Waals surface area contributed by atoms with Crippen LogP contribution < -0.4 is 11.1 Å². The van der Waals surface area contributed by atoms with Gasteiger partial charge >= 0.3 is 5.97 Å². The predicted octanol–water partition coefficient (Wildman–Crippen LogP) is -1.26. The van der Waals surface area contributed by atoms with Crippen LogP contribution in [0.25, 0.3) is 0 Å². The second kappa shape index (κ2) is 5.16. The van der Waals surface area contributed by atoms with Crippen LogP contribution in [0.5, 0.6) is 0 Å². The van der Waals surface area contributed by atoms with Crippen LogP contribution in [0.15, 0.2) is 0 Å². The summed E-state index contributed by atoms with van der Waals surface area (Å²) in [7, 11) is 0. The Morgan fingerprint density at radius 3 is 2.77 bits per heavy atom. The van der Waals surface area contributed by atoms with Gasteiger partial charge in [0.15, 0.2) is 6.23 Å². The largest absolute Gasteiger partial charge is 0.446 e. The van der Waals surface area contributed by atoms with E-state index in [1.807, 2.05) is 6.92 Å². The van der Waals surface area contributed by atoms with Crippen molar-refractivity contribution in [1.82, 2.24) is 10.2 Å². The SMILES string of the molecule is CC(OC(=O)CN)N1CCNCC1. The molecule has 1 aliphatic heterocycles. The standard InChI is InChI=1S/C8H17N3O2/c1-7(13-8(12)6-9)11-4-2-10-3-5-11/h7,10H,2-6,9H2,1H3. The Labute approximate surface area is 78.2 Å². The van der Waals surface area contributed by atoms with Crippen LogP contribution >= 0.6 is 0 Å². The average Bonchev–Trinajstić information content (AvgIpc) is 2.19. The number of carbonyl (C=O) groups is 1. The maximum absolute atomic E-state index is 10.9. The van der Waals surface area contributed by atoms with E-state index in [9.17, 15) is 4.79 Å². The summed E-state index contributed by atoms with van der Waals surface area (Å²) >= 11 is 0. The molecular weight excluding hydrogens is 170 g/mol. The minimum absolute atomic E-state index is 0.0452. The van der Waals surface area contributed by atoms with Gasteiger partial charge in [0.2, 0.25) is 0 Å². The molecule has 0 amide bonds. The van der Waals surface area contributed by atoms with Gasteiger partial charge in [-0.3, -0.25) is 9.69 Å². The molecular formula is C8H17N3O2. The molecule has 0 bridgehead atoms. The van der Waals surface area contributed by atoms with Crippen molar-refractivity contribution in [1.29, 1.82) is 0 Å². The first-order valence-electron chi connectivity index (χ1n) is 4.58. The number of nitrogens with one attached hydrogen (secondary N) is 1. The Morgan fingerprint density at radius 1 is 1.62 bits per heavy atom. The van der Waals surface area contributed by atoms with Crippen LogP contribution in [0.1, 0.15) is 6.92 Å². The number of ether oxygens (including phenoxy) is 1. The fraction of sp³-hybridized carbons (Fsp3) is 0.875. The molecule has 1 saturated heterocycles. The number of nitrogens with zero attached hydrogens (tertiary/aromatic N) is 1. The zero-order chi connectivity index (χ0) is 9.68. The van der Waals surface area contributed by atoms with E-state index < -0.39 is 0 Å². The summed E-state index contributed by atoms with van der Waals surface area (Å²) < 4.78 is 5.07. The fourth-order valence-corrected chi connectivity index (χ4v) is 1.36. The van der Waals surface area contributed by atoms with Crippen LogP contribution in [-0.4, -0.2) is 49.8 Å². The number of nitrogens with two attached hydrogens (primary N) is 1. The Morgan fingerprint density at radius 2 is 2.23 bits per heavy atom. The summed E-state index contributed by atoms with van der Waals surface area (Å²) in [5.74, 6) is -0.342. The number of rotatable bonds is 3. The number of piperazine rings is 1. The molecule has 1 unspecified atom stereocenters. The van der Waals surface area contributed by atoms with E-state index in [0.717, 1.165) is 26.2 Å². The van der Waals surface area contributed by atoms with E-state index in [-0.39, 0.29) is 18.7 Å². The van der Waals surface area contributed by atoms with Crippen LogP contribution in [0.3, 0.4) is 0 Å². The highest BCUT2D eigenvalue weighted by atomic mass is 16.6. The van der Waals surface area contributed by atoms with Gasteiger partial charge in [0.25, 0.3) is 0 Å². The van der Waals surface area contributed by atoms with Crippen molar-refractivity contribution in [2.24, 2.45) is 5.73 Å². The predicted molar refractivity (Wildman–Crippen MR) is 49.1 cm³/mol. The molecule has 0 aromatic heterocycles. The molecule has 0 aromatic carbocycles. The van der Waals surface area contributed by atoms with Gasteiger partial charge in [0.1, 0.15) is 0 Å². The van der Waals surface area contributed by atoms with Gasteiger partial charge in [0, 0.05) is 26.2 Å². The third-order valence-corrected chi connectivity index (χ3v) is 2.13. The van der Waals surface area contributed by atoms with Crippen LogP contribution in [0.4, 0.5) is 0 Å². The fourth-order valence-electron chi connectivity index (χ4n) is 1.36. The lowest BCUT2D eigenvalue weighted by atomic mass is 10.3. The van der Waals surface area contributed by atoms with E-state index in [2.05, 4.69) is 10.2 Å². The minimum atomic E-state index is -0.342. The lowest BCUT2D eigenvalue weighted by molar-refractivity contribution is -0.156. The Bertz CT molecular complexity index is 169. The Kier molecular flexibility index (Phi) is 4.14. The summed E-state index contributed by atoms with van der Waals surface area (Å²) in [5.41, 5.74) is 5.14. The molecule has 0 aliphatic carbocycles. The van der Waals surface area contributed by atoms with Gasteiger partial charge in [0.05, 0.1) is 6.54 Å². The molecule has 1 rings (SSSR count). The van der Waals surface area contributed by atoms with Crippen LogP contribution in [0.2, 0.25) is 0 Å². The molecule has 1 fully saturated rings. The second-order valence-electron chi connectivity index (χ2n) is 3.08. The maximum Gasteiger partial charge on any atom is 0.321 e. The monoisotopic (exact) mass is 187 g/mol. The minimum Gasteiger partial charge on any atom is -0.446 e. The van der Waals surface area contributed by atoms with Gasteiger partial charge in [-0.05, 0) is 6.92 Å². The van der Waals surface area contributed by atoms with Crippen molar-refractivity contribution >= 4 is 5.97 Å². The molecule has 0 spiro atoms. The topological polar surface area (TPSA) is 67.6 Å². The van der Waals surface area contributed by atoms with E-state index >= 15 is 0 Å². The van der Waals surface area contributed by atoms with Crippen molar-refractivity contribution < 1.29 is 9.53 Å². The van der Waals surface area contributed by atoms with Gasteiger partial charge in [-0.1, -0.05) is 0 Å². The molecule has 3 N–H and O–H groups in total. The highest BCUT2D eigenvalue weighted by molar-refractivity contribution is 5.71. The lowest BCUT2D eigenvalue weighted by Crippen LogP contribution is -2.49. The van der Waals surface area contributed by atoms with Gasteiger partial charge in [-0.2, -0.15) is 0 Å². The van der Waals surface area contributed by atoms with E-state index in [1.54, 1.807) is 0 Å². The first kappa shape index (κ1) is 10.4. The van der Waals surface area contributed by atoms with E-state index in [4.69, 9.17) is 10.5 Å². The third-order valence-electron chi connectivity index (χ3n) is 2.13. The third kappa shape index (κ3) is 3.30. The van der Waals surface area contributed by atoms with Gasteiger partial charge < -0.3 is 15.8 Å². The van der Waals surface area contributed by atoms with Crippen molar-refractivity contribution in [2.75, 3.05) is 32.7 Å². The average molecular weight is 187 g/mol. The normalized spacial score (nSPS) is 21.1. The molecule has 1 aliphatic rings. The molecule has 5 nitrogen and oxygen atoms in total. The molecule has 13 heavy (non-hydrogen) atoms. The number of esters is 1. The molecule has 0 aromatic rings. The summed E-state index contributed by atoms with van der Waals surface area (Å²) in [6, 6.07) is 0. The van der Waals surface area contributed by atoms with E-state index in [0.29, 0.717) is 0 Å². The maximum atomic E-state index is 10.9. The van der Waals surface area contributed by atoms with Crippen LogP contribution in [0, 0.1) is 0 Å². The van der Waals surface area contributed by atoms with Crippen LogP contribution in [-0.2, 0) is 9.53 Å². The lowest BCUT2D eigenvalue weighted by Gasteiger charge is -2.31. The first-order chi connectivity index (χ1) is 6.24. The highest BCUT2D eigenvalue weighted by Gasteiger charge is 2.18. The van der Waals surface area contributed by atoms with Crippen molar-refractivity contribution in [3.05, 3.63) is 0 Å². The van der Waals surface area contributed by atoms with Crippen molar-refractivity contribution in [3.63, 3.8) is 0 Å². The number of carbonyl (C=O) groups excluding carboxylic acids is 1. The van der Waals surface area contributed by atoms with Gasteiger partial charge in [-0.25, -0.2) is 0 Å². The summed E-state index contributed by atoms with van der Waals surface area (Å²) in [4.78, 5) is 13.0. The molecule has 1 atom stereocenters. The molecule has 1 heterocycles. The summed E-state index contributed by atoms with van der Waals surface area (Å²) in [6.45, 7) is 5.56. The molecule has 0 radical (unpaired) electrons. The zero-order valence-corrected chi connectivity index (χ0v) is 7.95. The van der Waals surface area contributed by atoms with Crippen molar-refractivity contribution in [2.45, 2.75) is 13.2 Å². The molecule has 5 heteroatoms. The molecule has 0 saturated carbocycles. The van der Waals surface area contributed by atoms with Crippen molar-refractivity contribution in [3.8, 4) is 0 Å². The Hall–Kier alpha value is -0.650.